The Kier molecular flexibility index (Phi) is 4.60. The highest BCUT2D eigenvalue weighted by Crippen LogP contribution is 2.22. The fraction of sp³-hybridized carbons (Fsp3) is 0.500. The number of aliphatic carboxylic acids is 1. The quantitative estimate of drug-likeness (QED) is 0.856. The molecular formula is C12H14BrNO5. The van der Waals surface area contributed by atoms with Gasteiger partial charge in [-0.15, -0.1) is 0 Å². The molecule has 1 aliphatic rings. The predicted molar refractivity (Wildman–Crippen MR) is 68.8 cm³/mol. The minimum Gasteiger partial charge on any atom is -0.481 e. The van der Waals surface area contributed by atoms with Crippen molar-refractivity contribution in [2.45, 2.75) is 18.9 Å². The standard InChI is InChI=1S/C12H14BrNO5/c13-8-3-10(19-6-8)12(17)14-4-9-1-7(5-18-9)2-11(15)16/h3,6-7,9H,1-2,4-5H2,(H,14,17)(H,15,16). The molecule has 2 unspecified atom stereocenters. The average molecular weight is 332 g/mol. The summed E-state index contributed by atoms with van der Waals surface area (Å²) in [6.45, 7) is 0.784. The number of furan rings is 1. The second-order valence-corrected chi connectivity index (χ2v) is 5.41. The van der Waals surface area contributed by atoms with Gasteiger partial charge in [-0.3, -0.25) is 9.59 Å². The van der Waals surface area contributed by atoms with Crippen LogP contribution in [0.25, 0.3) is 0 Å². The van der Waals surface area contributed by atoms with Gasteiger partial charge in [-0.1, -0.05) is 0 Å². The van der Waals surface area contributed by atoms with Crippen molar-refractivity contribution in [3.8, 4) is 0 Å². The third-order valence-electron chi connectivity index (χ3n) is 2.91. The zero-order valence-electron chi connectivity index (χ0n) is 10.1. The molecule has 0 radical (unpaired) electrons. The third-order valence-corrected chi connectivity index (χ3v) is 3.32. The lowest BCUT2D eigenvalue weighted by Gasteiger charge is -2.09. The summed E-state index contributed by atoms with van der Waals surface area (Å²) in [5.41, 5.74) is 0. The van der Waals surface area contributed by atoms with Crippen LogP contribution in [0.4, 0.5) is 0 Å². The summed E-state index contributed by atoms with van der Waals surface area (Å²) >= 11 is 3.19. The number of carboxylic acid groups (broad SMARTS) is 1. The summed E-state index contributed by atoms with van der Waals surface area (Å²) < 4.78 is 11.2. The first-order valence-corrected chi connectivity index (χ1v) is 6.69. The Hall–Kier alpha value is -1.34. The molecule has 2 rings (SSSR count). The lowest BCUT2D eigenvalue weighted by Crippen LogP contribution is -2.31. The molecule has 1 aliphatic heterocycles. The number of carboxylic acids is 1. The molecule has 2 heterocycles. The number of nitrogens with one attached hydrogen (secondary N) is 1. The van der Waals surface area contributed by atoms with Gasteiger partial charge in [-0.25, -0.2) is 0 Å². The number of hydrogen-bond acceptors (Lipinski definition) is 4. The summed E-state index contributed by atoms with van der Waals surface area (Å²) in [4.78, 5) is 22.3. The van der Waals surface area contributed by atoms with Gasteiger partial charge in [0.1, 0.15) is 6.26 Å². The molecule has 7 heteroatoms. The van der Waals surface area contributed by atoms with E-state index in [4.69, 9.17) is 14.3 Å². The molecular weight excluding hydrogens is 318 g/mol. The van der Waals surface area contributed by atoms with Gasteiger partial charge in [-0.05, 0) is 28.3 Å². The van der Waals surface area contributed by atoms with E-state index in [9.17, 15) is 9.59 Å². The highest BCUT2D eigenvalue weighted by Gasteiger charge is 2.27. The number of carbonyl (C=O) groups excluding carboxylic acids is 1. The van der Waals surface area contributed by atoms with Gasteiger partial charge >= 0.3 is 5.97 Å². The van der Waals surface area contributed by atoms with Gasteiger partial charge in [-0.2, -0.15) is 0 Å². The van der Waals surface area contributed by atoms with E-state index in [0.717, 1.165) is 0 Å². The topological polar surface area (TPSA) is 88.8 Å². The number of rotatable bonds is 5. The molecule has 0 spiro atoms. The monoisotopic (exact) mass is 331 g/mol. The Labute approximate surface area is 118 Å². The maximum Gasteiger partial charge on any atom is 0.303 e. The minimum absolute atomic E-state index is 0.0251. The molecule has 1 saturated heterocycles. The third kappa shape index (κ3) is 4.07. The zero-order valence-corrected chi connectivity index (χ0v) is 11.7. The van der Waals surface area contributed by atoms with E-state index in [0.29, 0.717) is 24.0 Å². The molecule has 19 heavy (non-hydrogen) atoms. The summed E-state index contributed by atoms with van der Waals surface area (Å²) in [5, 5.41) is 11.4. The van der Waals surface area contributed by atoms with Crippen LogP contribution in [0.2, 0.25) is 0 Å². The van der Waals surface area contributed by atoms with Crippen molar-refractivity contribution >= 4 is 27.8 Å². The van der Waals surface area contributed by atoms with Crippen molar-refractivity contribution in [3.05, 3.63) is 22.6 Å². The van der Waals surface area contributed by atoms with E-state index >= 15 is 0 Å². The van der Waals surface area contributed by atoms with Gasteiger partial charge < -0.3 is 19.6 Å². The zero-order chi connectivity index (χ0) is 13.8. The molecule has 2 atom stereocenters. The number of hydrogen-bond donors (Lipinski definition) is 2. The van der Waals surface area contributed by atoms with Crippen LogP contribution in [0.5, 0.6) is 0 Å². The van der Waals surface area contributed by atoms with Crippen molar-refractivity contribution in [2.24, 2.45) is 5.92 Å². The molecule has 1 aromatic rings. The Balaban J connectivity index is 1.74. The second kappa shape index (κ2) is 6.21. The first kappa shape index (κ1) is 14.1. The van der Waals surface area contributed by atoms with Crippen molar-refractivity contribution < 1.29 is 23.8 Å². The summed E-state index contributed by atoms with van der Waals surface area (Å²) in [5.74, 6) is -0.876. The van der Waals surface area contributed by atoms with Crippen LogP contribution < -0.4 is 5.32 Å². The molecule has 1 aromatic heterocycles. The molecule has 1 amide bonds. The summed E-state index contributed by atoms with van der Waals surface area (Å²) in [6.07, 6.45) is 2.06. The Morgan fingerprint density at radius 1 is 1.53 bits per heavy atom. The van der Waals surface area contributed by atoms with Gasteiger partial charge in [0, 0.05) is 12.6 Å². The first-order valence-electron chi connectivity index (χ1n) is 5.90. The molecule has 0 aromatic carbocycles. The van der Waals surface area contributed by atoms with Crippen LogP contribution in [0.3, 0.4) is 0 Å². The van der Waals surface area contributed by atoms with E-state index in [1.165, 1.54) is 6.26 Å². The van der Waals surface area contributed by atoms with Crippen molar-refractivity contribution in [1.29, 1.82) is 0 Å². The molecule has 6 nitrogen and oxygen atoms in total. The van der Waals surface area contributed by atoms with E-state index in [1.54, 1.807) is 6.07 Å². The Bertz CT molecular complexity index is 472. The highest BCUT2D eigenvalue weighted by atomic mass is 79.9. The lowest BCUT2D eigenvalue weighted by molar-refractivity contribution is -0.138. The average Bonchev–Trinajstić information content (AvgIpc) is 2.94. The maximum atomic E-state index is 11.7. The number of ether oxygens (including phenoxy) is 1. The van der Waals surface area contributed by atoms with Crippen molar-refractivity contribution in [2.75, 3.05) is 13.2 Å². The van der Waals surface area contributed by atoms with Crippen LogP contribution in [0, 0.1) is 5.92 Å². The Morgan fingerprint density at radius 2 is 2.32 bits per heavy atom. The van der Waals surface area contributed by atoms with Crippen LogP contribution >= 0.6 is 15.9 Å². The second-order valence-electron chi connectivity index (χ2n) is 4.49. The van der Waals surface area contributed by atoms with Crippen molar-refractivity contribution in [1.82, 2.24) is 5.32 Å². The van der Waals surface area contributed by atoms with Crippen molar-refractivity contribution in [3.63, 3.8) is 0 Å². The Morgan fingerprint density at radius 3 is 2.95 bits per heavy atom. The molecule has 1 fully saturated rings. The van der Waals surface area contributed by atoms with Crippen LogP contribution in [-0.4, -0.2) is 36.2 Å². The lowest BCUT2D eigenvalue weighted by atomic mass is 10.0. The maximum absolute atomic E-state index is 11.7. The molecule has 0 saturated carbocycles. The minimum atomic E-state index is -0.821. The van der Waals surface area contributed by atoms with Crippen LogP contribution in [0.15, 0.2) is 21.2 Å². The fourth-order valence-electron chi connectivity index (χ4n) is 2.04. The SMILES string of the molecule is O=C(O)CC1COC(CNC(=O)c2cc(Br)co2)C1. The van der Waals surface area contributed by atoms with Crippen LogP contribution in [0.1, 0.15) is 23.4 Å². The van der Waals surface area contributed by atoms with Gasteiger partial charge in [0.2, 0.25) is 0 Å². The summed E-state index contributed by atoms with van der Waals surface area (Å²) in [7, 11) is 0. The largest absolute Gasteiger partial charge is 0.481 e. The molecule has 0 bridgehead atoms. The number of halogens is 1. The molecule has 104 valence electrons. The predicted octanol–water partition coefficient (Wildman–Crippen LogP) is 1.65. The normalized spacial score (nSPS) is 22.4. The summed E-state index contributed by atoms with van der Waals surface area (Å²) in [6, 6.07) is 1.58. The van der Waals surface area contributed by atoms with E-state index in [2.05, 4.69) is 21.2 Å². The molecule has 0 aliphatic carbocycles. The number of carbonyl (C=O) groups is 2. The van der Waals surface area contributed by atoms with E-state index < -0.39 is 5.97 Å². The molecule has 2 N–H and O–H groups in total. The van der Waals surface area contributed by atoms with E-state index in [1.807, 2.05) is 0 Å². The smallest absolute Gasteiger partial charge is 0.303 e. The van der Waals surface area contributed by atoms with Gasteiger partial charge in [0.15, 0.2) is 5.76 Å². The van der Waals surface area contributed by atoms with Crippen LogP contribution in [-0.2, 0) is 9.53 Å². The van der Waals surface area contributed by atoms with Gasteiger partial charge in [0.25, 0.3) is 5.91 Å². The first-order chi connectivity index (χ1) is 9.04. The highest BCUT2D eigenvalue weighted by molar-refractivity contribution is 9.10. The fourth-order valence-corrected chi connectivity index (χ4v) is 2.34. The number of amides is 1. The van der Waals surface area contributed by atoms with Gasteiger partial charge in [0.05, 0.1) is 23.6 Å². The van der Waals surface area contributed by atoms with E-state index in [-0.39, 0.29) is 30.1 Å².